The van der Waals surface area contributed by atoms with Gasteiger partial charge in [-0.3, -0.25) is 0 Å². The number of carbonyl (C=O) groups excluding carboxylic acids is 2. The summed E-state index contributed by atoms with van der Waals surface area (Å²) in [5, 5.41) is 5.21. The fourth-order valence-electron chi connectivity index (χ4n) is 1.16. The minimum absolute atomic E-state index is 0.220. The van der Waals surface area contributed by atoms with Crippen LogP contribution in [0.25, 0.3) is 0 Å². The molecule has 0 heterocycles. The predicted octanol–water partition coefficient (Wildman–Crippen LogP) is 2.33. The van der Waals surface area contributed by atoms with Crippen molar-refractivity contribution in [2.45, 2.75) is 58.8 Å². The van der Waals surface area contributed by atoms with Crippen molar-refractivity contribution in [1.82, 2.24) is 10.6 Å². The molecule has 2 N–H and O–H groups in total. The summed E-state index contributed by atoms with van der Waals surface area (Å²) in [4.78, 5) is 23.1. The first-order valence-electron chi connectivity index (χ1n) is 6.50. The van der Waals surface area contributed by atoms with Gasteiger partial charge in [0.15, 0.2) is 0 Å². The Bertz CT molecular complexity index is 334. The lowest BCUT2D eigenvalue weighted by atomic mass is 10.2. The molecule has 0 radical (unpaired) electrons. The van der Waals surface area contributed by atoms with E-state index in [4.69, 9.17) is 9.47 Å². The van der Waals surface area contributed by atoms with Crippen molar-refractivity contribution < 1.29 is 19.1 Å². The molecule has 0 aromatic heterocycles. The van der Waals surface area contributed by atoms with E-state index in [2.05, 4.69) is 23.3 Å². The monoisotopic (exact) mass is 306 g/mol. The van der Waals surface area contributed by atoms with Crippen LogP contribution in [-0.4, -0.2) is 41.7 Å². The summed E-state index contributed by atoms with van der Waals surface area (Å²) in [5.74, 6) is 0.370. The van der Waals surface area contributed by atoms with Crippen molar-refractivity contribution in [1.29, 1.82) is 0 Å². The van der Waals surface area contributed by atoms with Gasteiger partial charge in [-0.15, -0.1) is 0 Å². The zero-order chi connectivity index (χ0) is 16.0. The molecule has 0 bridgehead atoms. The predicted molar refractivity (Wildman–Crippen MR) is 81.2 cm³/mol. The Labute approximate surface area is 126 Å². The van der Waals surface area contributed by atoms with Crippen molar-refractivity contribution in [3.63, 3.8) is 0 Å². The zero-order valence-electron chi connectivity index (χ0n) is 13.1. The summed E-state index contributed by atoms with van der Waals surface area (Å²) in [6.45, 7) is 10.9. The largest absolute Gasteiger partial charge is 0.444 e. The average molecular weight is 306 g/mol. The Kier molecular flexibility index (Phi) is 7.19. The molecular weight excluding hydrogens is 280 g/mol. The van der Waals surface area contributed by atoms with Crippen LogP contribution in [0.4, 0.5) is 9.59 Å². The number of alkyl carbamates (subject to hydrolysis) is 2. The Balaban J connectivity index is 4.17. The molecule has 0 aromatic rings. The van der Waals surface area contributed by atoms with Crippen LogP contribution in [-0.2, 0) is 9.47 Å². The molecule has 2 amide bonds. The number of hydrogen-bond acceptors (Lipinski definition) is 5. The summed E-state index contributed by atoms with van der Waals surface area (Å²) < 4.78 is 10.2. The normalized spacial score (nSPS) is 13.3. The molecule has 1 unspecified atom stereocenters. The second kappa shape index (κ2) is 7.61. The van der Waals surface area contributed by atoms with Crippen LogP contribution in [0.3, 0.4) is 0 Å². The minimum atomic E-state index is -0.566. The third kappa shape index (κ3) is 10.8. The molecule has 0 saturated heterocycles. The third-order valence-electron chi connectivity index (χ3n) is 1.83. The first kappa shape index (κ1) is 18.9. The van der Waals surface area contributed by atoms with Crippen molar-refractivity contribution in [3.05, 3.63) is 0 Å². The number of thiol groups is 1. The number of ether oxygens (including phenoxy) is 2. The summed E-state index contributed by atoms with van der Waals surface area (Å²) >= 11 is 4.13. The number of rotatable bonds is 4. The zero-order valence-corrected chi connectivity index (χ0v) is 14.0. The molecule has 7 heteroatoms. The van der Waals surface area contributed by atoms with Gasteiger partial charge in [-0.2, -0.15) is 12.6 Å². The maximum atomic E-state index is 11.6. The van der Waals surface area contributed by atoms with Crippen LogP contribution >= 0.6 is 12.6 Å². The van der Waals surface area contributed by atoms with Crippen molar-refractivity contribution in [2.75, 3.05) is 12.3 Å². The molecule has 118 valence electrons. The van der Waals surface area contributed by atoms with Gasteiger partial charge >= 0.3 is 12.2 Å². The quantitative estimate of drug-likeness (QED) is 0.697. The Morgan fingerprint density at radius 2 is 1.45 bits per heavy atom. The van der Waals surface area contributed by atoms with E-state index in [9.17, 15) is 9.59 Å². The highest BCUT2D eigenvalue weighted by Gasteiger charge is 2.20. The lowest BCUT2D eigenvalue weighted by molar-refractivity contribution is 0.0469. The molecule has 0 aliphatic heterocycles. The summed E-state index contributed by atoms with van der Waals surface area (Å²) in [7, 11) is 0. The lowest BCUT2D eigenvalue weighted by Gasteiger charge is -2.24. The molecule has 0 aliphatic carbocycles. The molecule has 0 spiro atoms. The second-order valence-electron chi connectivity index (χ2n) is 6.41. The third-order valence-corrected chi connectivity index (χ3v) is 2.27. The molecule has 0 aliphatic rings. The Hall–Kier alpha value is -1.11. The molecule has 6 nitrogen and oxygen atoms in total. The molecular formula is C13H26N2O4S. The van der Waals surface area contributed by atoms with Crippen LogP contribution in [0.5, 0.6) is 0 Å². The van der Waals surface area contributed by atoms with Gasteiger partial charge in [0.25, 0.3) is 0 Å². The van der Waals surface area contributed by atoms with Gasteiger partial charge in [0.1, 0.15) is 11.2 Å². The summed E-state index contributed by atoms with van der Waals surface area (Å²) in [6, 6.07) is -0.333. The van der Waals surface area contributed by atoms with Crippen LogP contribution < -0.4 is 10.6 Å². The number of amides is 2. The highest BCUT2D eigenvalue weighted by Crippen LogP contribution is 2.07. The number of carbonyl (C=O) groups is 2. The number of hydrogen-bond donors (Lipinski definition) is 3. The number of nitrogens with one attached hydrogen (secondary N) is 2. The van der Waals surface area contributed by atoms with E-state index in [0.717, 1.165) is 0 Å². The summed E-state index contributed by atoms with van der Waals surface area (Å²) in [5.41, 5.74) is -1.12. The van der Waals surface area contributed by atoms with E-state index in [0.29, 0.717) is 5.75 Å². The van der Waals surface area contributed by atoms with Gasteiger partial charge in [0, 0.05) is 12.3 Å². The van der Waals surface area contributed by atoms with Crippen LogP contribution in [0, 0.1) is 0 Å². The minimum Gasteiger partial charge on any atom is -0.444 e. The topological polar surface area (TPSA) is 76.7 Å². The summed E-state index contributed by atoms with van der Waals surface area (Å²) in [6.07, 6.45) is -1.07. The molecule has 0 saturated carbocycles. The fraction of sp³-hybridized carbons (Fsp3) is 0.846. The molecule has 0 rings (SSSR count). The molecule has 0 fully saturated rings. The Morgan fingerprint density at radius 3 is 1.85 bits per heavy atom. The average Bonchev–Trinajstić information content (AvgIpc) is 2.18. The van der Waals surface area contributed by atoms with E-state index >= 15 is 0 Å². The van der Waals surface area contributed by atoms with E-state index in [1.807, 2.05) is 0 Å². The van der Waals surface area contributed by atoms with Gasteiger partial charge in [0.05, 0.1) is 6.04 Å². The smallest absolute Gasteiger partial charge is 0.407 e. The lowest BCUT2D eigenvalue weighted by Crippen LogP contribution is -2.47. The van der Waals surface area contributed by atoms with Gasteiger partial charge in [-0.25, -0.2) is 9.59 Å². The second-order valence-corrected chi connectivity index (χ2v) is 6.77. The Morgan fingerprint density at radius 1 is 1.00 bits per heavy atom. The van der Waals surface area contributed by atoms with Crippen LogP contribution in [0.1, 0.15) is 41.5 Å². The first-order chi connectivity index (χ1) is 8.93. The fourth-order valence-corrected chi connectivity index (χ4v) is 1.38. The molecule has 0 aromatic carbocycles. The van der Waals surface area contributed by atoms with Gasteiger partial charge < -0.3 is 20.1 Å². The van der Waals surface area contributed by atoms with E-state index in [1.165, 1.54) is 0 Å². The van der Waals surface area contributed by atoms with Crippen molar-refractivity contribution >= 4 is 24.8 Å². The maximum absolute atomic E-state index is 11.6. The van der Waals surface area contributed by atoms with E-state index in [-0.39, 0.29) is 12.6 Å². The van der Waals surface area contributed by atoms with Gasteiger partial charge in [0.2, 0.25) is 0 Å². The van der Waals surface area contributed by atoms with E-state index in [1.54, 1.807) is 41.5 Å². The molecule has 20 heavy (non-hydrogen) atoms. The van der Waals surface area contributed by atoms with Crippen LogP contribution in [0.2, 0.25) is 0 Å². The van der Waals surface area contributed by atoms with Gasteiger partial charge in [-0.1, -0.05) is 0 Å². The highest BCUT2D eigenvalue weighted by atomic mass is 32.1. The van der Waals surface area contributed by atoms with Crippen molar-refractivity contribution in [2.24, 2.45) is 0 Å². The van der Waals surface area contributed by atoms with Gasteiger partial charge in [-0.05, 0) is 41.5 Å². The SMILES string of the molecule is CC(C)(C)OC(=O)NCC(CS)NC(=O)OC(C)(C)C. The first-order valence-corrected chi connectivity index (χ1v) is 7.13. The molecule has 1 atom stereocenters. The highest BCUT2D eigenvalue weighted by molar-refractivity contribution is 7.80. The standard InChI is InChI=1S/C13H26N2O4S/c1-12(2,3)18-10(16)14-7-9(8-20)15-11(17)19-13(4,5)6/h9,20H,7-8H2,1-6H3,(H,14,16)(H,15,17). The van der Waals surface area contributed by atoms with E-state index < -0.39 is 23.4 Å². The van der Waals surface area contributed by atoms with Crippen LogP contribution in [0.15, 0.2) is 0 Å². The maximum Gasteiger partial charge on any atom is 0.407 e. The van der Waals surface area contributed by atoms with Crippen molar-refractivity contribution in [3.8, 4) is 0 Å².